The van der Waals surface area contributed by atoms with Gasteiger partial charge in [0, 0.05) is 17.2 Å². The van der Waals surface area contributed by atoms with Crippen molar-refractivity contribution in [2.24, 2.45) is 0 Å². The molecular weight excluding hydrogens is 472 g/mol. The first-order valence-electron chi connectivity index (χ1n) is 16.0. The molecule has 0 fully saturated rings. The molecule has 2 aromatic rings. The lowest BCUT2D eigenvalue weighted by atomic mass is 10.0. The van der Waals surface area contributed by atoms with Gasteiger partial charge in [-0.25, -0.2) is 4.70 Å². The smallest absolute Gasteiger partial charge is 0.214 e. The molecule has 0 saturated carbocycles. The van der Waals surface area contributed by atoms with Crippen LogP contribution in [0.2, 0.25) is 0 Å². The lowest BCUT2D eigenvalue weighted by Crippen LogP contribution is -2.03. The maximum Gasteiger partial charge on any atom is 0.214 e. The van der Waals surface area contributed by atoms with Gasteiger partial charge in [0.1, 0.15) is 0 Å². The second-order valence-electron chi connectivity index (χ2n) is 11.3. The minimum atomic E-state index is 0.866. The van der Waals surface area contributed by atoms with Crippen LogP contribution >= 0.6 is 0 Å². The number of unbranched alkanes of at least 4 members (excludes halogenated alkanes) is 11. The zero-order chi connectivity index (χ0) is 27.7. The number of benzene rings is 2. The summed E-state index contributed by atoms with van der Waals surface area (Å²) in [6.45, 7) is 6.75. The molecule has 210 valence electrons. The van der Waals surface area contributed by atoms with Crippen LogP contribution in [0.5, 0.6) is 0 Å². The first-order chi connectivity index (χ1) is 19.2. The molecule has 0 aromatic heterocycles. The second-order valence-corrected chi connectivity index (χ2v) is 11.3. The third kappa shape index (κ3) is 10.1. The Balaban J connectivity index is 1.72. The summed E-state index contributed by atoms with van der Waals surface area (Å²) in [4.78, 5) is 0. The Morgan fingerprint density at radius 1 is 0.641 bits per heavy atom. The molecule has 0 bridgehead atoms. The van der Waals surface area contributed by atoms with Crippen LogP contribution in [0.15, 0.2) is 72.3 Å². The standard InChI is InChI=1S/C37H52N2/c1-4-7-10-11-12-13-14-15-16-17-18-25-35-30-36(33-26-19-23-31(28-33)21-8-5-2)39(38)37(35)34-27-20-24-32(29-34)22-9-6-3/h18-20,23-30H,4-17,21-22H2,1-3H3. The topological polar surface area (TPSA) is 25.3 Å². The fourth-order valence-electron chi connectivity index (χ4n) is 5.45. The molecule has 3 rings (SSSR count). The van der Waals surface area contributed by atoms with E-state index >= 15 is 0 Å². The molecule has 0 N–H and O–H groups in total. The third-order valence-electron chi connectivity index (χ3n) is 7.84. The van der Waals surface area contributed by atoms with Crippen molar-refractivity contribution in [3.8, 4) is 0 Å². The van der Waals surface area contributed by atoms with E-state index in [2.05, 4.69) is 87.5 Å². The van der Waals surface area contributed by atoms with E-state index in [1.807, 2.05) is 0 Å². The highest BCUT2D eigenvalue weighted by atomic mass is 15.2. The Kier molecular flexibility index (Phi) is 14.0. The van der Waals surface area contributed by atoms with Gasteiger partial charge in [-0.15, -0.1) is 0 Å². The van der Waals surface area contributed by atoms with E-state index in [1.54, 1.807) is 0 Å². The predicted octanol–water partition coefficient (Wildman–Crippen LogP) is 11.6. The number of hydrogen-bond donors (Lipinski definition) is 0. The van der Waals surface area contributed by atoms with Gasteiger partial charge in [0.05, 0.1) is 5.57 Å². The second kappa shape index (κ2) is 17.8. The summed E-state index contributed by atoms with van der Waals surface area (Å²) in [5, 5.41) is 0. The number of aryl methyl sites for hydroxylation is 2. The van der Waals surface area contributed by atoms with Gasteiger partial charge in [-0.05, 0) is 73.9 Å². The SMILES string of the molecule is CCCCCCCCCCCC=CC1=C(c2cccc(CCCC)c2)[N+](=[N-])C(c2cccc(CCCC)c2)=C1. The van der Waals surface area contributed by atoms with Crippen molar-refractivity contribution in [1.82, 2.24) is 0 Å². The molecule has 39 heavy (non-hydrogen) atoms. The van der Waals surface area contributed by atoms with Gasteiger partial charge >= 0.3 is 0 Å². The van der Waals surface area contributed by atoms with Crippen molar-refractivity contribution in [2.45, 2.75) is 124 Å². The fourth-order valence-corrected chi connectivity index (χ4v) is 5.45. The summed E-state index contributed by atoms with van der Waals surface area (Å²) in [5.41, 5.74) is 19.2. The first-order valence-corrected chi connectivity index (χ1v) is 16.0. The summed E-state index contributed by atoms with van der Waals surface area (Å²) in [7, 11) is 0. The average molecular weight is 525 g/mol. The minimum absolute atomic E-state index is 0.866. The quantitative estimate of drug-likeness (QED) is 0.129. The molecule has 2 heteroatoms. The lowest BCUT2D eigenvalue weighted by Gasteiger charge is -2.11. The van der Waals surface area contributed by atoms with E-state index in [0.29, 0.717) is 0 Å². The fraction of sp³-hybridized carbons (Fsp3) is 0.514. The molecule has 1 aliphatic rings. The maximum absolute atomic E-state index is 11.5. The largest absolute Gasteiger partial charge is 0.493 e. The van der Waals surface area contributed by atoms with Crippen molar-refractivity contribution in [1.29, 1.82) is 0 Å². The monoisotopic (exact) mass is 524 g/mol. The van der Waals surface area contributed by atoms with Gasteiger partial charge in [-0.2, -0.15) is 0 Å². The number of hydrogen-bond acceptors (Lipinski definition) is 0. The molecular formula is C37H52N2. The van der Waals surface area contributed by atoms with E-state index in [9.17, 15) is 5.53 Å². The highest BCUT2D eigenvalue weighted by molar-refractivity contribution is 5.80. The lowest BCUT2D eigenvalue weighted by molar-refractivity contribution is -0.344. The van der Waals surface area contributed by atoms with Crippen molar-refractivity contribution >= 4 is 11.4 Å². The molecule has 0 atom stereocenters. The number of rotatable bonds is 19. The van der Waals surface area contributed by atoms with Gasteiger partial charge in [-0.3, -0.25) is 0 Å². The zero-order valence-corrected chi connectivity index (χ0v) is 25.1. The molecule has 2 nitrogen and oxygen atoms in total. The highest BCUT2D eigenvalue weighted by Gasteiger charge is 2.28. The molecule has 1 heterocycles. The molecule has 1 aliphatic heterocycles. The Hall–Kier alpha value is -2.74. The van der Waals surface area contributed by atoms with Gasteiger partial charge in [0.15, 0.2) is 0 Å². The van der Waals surface area contributed by atoms with Crippen LogP contribution in [0, 0.1) is 0 Å². The van der Waals surface area contributed by atoms with Crippen molar-refractivity contribution in [3.63, 3.8) is 0 Å². The molecule has 0 unspecified atom stereocenters. The minimum Gasteiger partial charge on any atom is -0.493 e. The molecule has 0 aliphatic carbocycles. The summed E-state index contributed by atoms with van der Waals surface area (Å²) in [6.07, 6.45) is 26.9. The van der Waals surface area contributed by atoms with Crippen molar-refractivity contribution in [2.75, 3.05) is 0 Å². The van der Waals surface area contributed by atoms with E-state index in [0.717, 1.165) is 47.4 Å². The molecule has 0 radical (unpaired) electrons. The zero-order valence-electron chi connectivity index (χ0n) is 25.1. The van der Waals surface area contributed by atoms with Gasteiger partial charge in [0.2, 0.25) is 11.4 Å². The van der Waals surface area contributed by atoms with Crippen molar-refractivity contribution < 1.29 is 4.70 Å². The average Bonchev–Trinajstić information content (AvgIpc) is 3.29. The Morgan fingerprint density at radius 2 is 1.18 bits per heavy atom. The summed E-state index contributed by atoms with van der Waals surface area (Å²) in [6, 6.07) is 17.4. The van der Waals surface area contributed by atoms with Gasteiger partial charge < -0.3 is 5.53 Å². The molecule has 2 aromatic carbocycles. The molecule has 0 spiro atoms. The van der Waals surface area contributed by atoms with E-state index < -0.39 is 0 Å². The number of allylic oxidation sites excluding steroid dienone is 4. The Morgan fingerprint density at radius 3 is 1.79 bits per heavy atom. The Labute approximate surface area is 239 Å². The van der Waals surface area contributed by atoms with Gasteiger partial charge in [-0.1, -0.05) is 121 Å². The van der Waals surface area contributed by atoms with Crippen LogP contribution in [0.3, 0.4) is 0 Å². The predicted molar refractivity (Wildman–Crippen MR) is 170 cm³/mol. The van der Waals surface area contributed by atoms with E-state index in [-0.39, 0.29) is 0 Å². The molecule has 0 amide bonds. The summed E-state index contributed by atoms with van der Waals surface area (Å²) >= 11 is 0. The molecule has 0 saturated heterocycles. The normalized spacial score (nSPS) is 13.6. The van der Waals surface area contributed by atoms with Crippen LogP contribution in [0.25, 0.3) is 16.9 Å². The third-order valence-corrected chi connectivity index (χ3v) is 7.84. The summed E-state index contributed by atoms with van der Waals surface area (Å²) in [5.74, 6) is 0. The van der Waals surface area contributed by atoms with Crippen LogP contribution in [0.1, 0.15) is 133 Å². The van der Waals surface area contributed by atoms with Gasteiger partial charge in [0.25, 0.3) is 0 Å². The van der Waals surface area contributed by atoms with Crippen molar-refractivity contribution in [3.05, 3.63) is 100 Å². The van der Waals surface area contributed by atoms with Crippen LogP contribution in [-0.2, 0) is 12.8 Å². The van der Waals surface area contributed by atoms with E-state index in [1.165, 1.54) is 99.3 Å². The van der Waals surface area contributed by atoms with E-state index in [4.69, 9.17) is 0 Å². The Bertz CT molecular complexity index is 1120. The highest BCUT2D eigenvalue weighted by Crippen LogP contribution is 2.36. The first kappa shape index (κ1) is 30.8. The van der Waals surface area contributed by atoms with Crippen LogP contribution in [-0.4, -0.2) is 4.70 Å². The van der Waals surface area contributed by atoms with Crippen LogP contribution in [0.4, 0.5) is 0 Å². The maximum atomic E-state index is 11.5. The summed E-state index contributed by atoms with van der Waals surface area (Å²) < 4.78 is 1.43. The van der Waals surface area contributed by atoms with Crippen LogP contribution < -0.4 is 0 Å². The number of nitrogens with zero attached hydrogens (tertiary/aromatic N) is 2.